The zero-order valence-electron chi connectivity index (χ0n) is 50.5. The highest BCUT2D eigenvalue weighted by Crippen LogP contribution is 2.54. The second kappa shape index (κ2) is 31.6. The standard InChI is InChI=1S/C53H72N16O20P2S2/c1-26(2)37(66-34(71)13-15-57-35(72)17-27(3)51(76)77)31(70)18-29(7-5-14-58-52(56)78)48(75)65-30-11-9-28(10-12-30)19-82-53(79)67(4)16-6-8-36(73)87-43-41-33(86-50(43)69-25-64-39-45(55)60-23-62-47(39)69)21-84-91(81,93)89-42-40(74)32(20-83-90(80,92)88-41)85-49(42)68-24-63-38-44(54)59-22-61-46(38)68/h9-12,22-27,29,32-33,37,40-43,49-50,74H,5-8,13-21H2,1-4H3,(H,57,72)(H,65,75)(H,66,71)(H,76,77)(H,80,92)(H,81,93)(H2,54,59,61)(H2,55,60,62)(H3,56,58,78)/t27?,29-,32-,33-,37+,40-,41-,42-,43-,49-,50-,90?,91?/m1/s1. The Labute approximate surface area is 540 Å². The predicted octanol–water partition coefficient (Wildman–Crippen LogP) is 0.918. The second-order valence-corrected chi connectivity index (χ2v) is 27.9. The number of nitrogens with two attached hydrogens (primary N) is 3. The summed E-state index contributed by atoms with van der Waals surface area (Å²) in [7, 11) is 1.44. The first-order valence-corrected chi connectivity index (χ1v) is 34.2. The van der Waals surface area contributed by atoms with Crippen LogP contribution in [0.25, 0.3) is 22.3 Å². The molecule has 3 saturated heterocycles. The molecule has 506 valence electrons. The summed E-state index contributed by atoms with van der Waals surface area (Å²) >= 11 is 10.9. The van der Waals surface area contributed by atoms with Crippen LogP contribution in [0.15, 0.2) is 49.6 Å². The van der Waals surface area contributed by atoms with Crippen LogP contribution in [-0.4, -0.2) is 194 Å². The minimum Gasteiger partial charge on any atom is -0.481 e. The number of aliphatic hydroxyl groups excluding tert-OH is 1. The summed E-state index contributed by atoms with van der Waals surface area (Å²) in [4.78, 5) is 152. The lowest BCUT2D eigenvalue weighted by Crippen LogP contribution is -2.46. The van der Waals surface area contributed by atoms with E-state index in [1.54, 1.807) is 38.1 Å². The van der Waals surface area contributed by atoms with E-state index < -0.39 is 147 Å². The molecule has 0 radical (unpaired) electrons. The molecule has 3 aliphatic rings. The van der Waals surface area contributed by atoms with Crippen molar-refractivity contribution in [2.45, 2.75) is 127 Å². The number of carboxylic acids is 1. The second-order valence-electron chi connectivity index (χ2n) is 22.3. The van der Waals surface area contributed by atoms with Crippen LogP contribution in [0.5, 0.6) is 0 Å². The van der Waals surface area contributed by atoms with Gasteiger partial charge < -0.3 is 91.4 Å². The van der Waals surface area contributed by atoms with Crippen molar-refractivity contribution in [2.24, 2.45) is 23.5 Å². The van der Waals surface area contributed by atoms with Crippen LogP contribution < -0.4 is 38.5 Å². The van der Waals surface area contributed by atoms with Gasteiger partial charge in [0.2, 0.25) is 17.7 Å². The normalized spacial score (nSPS) is 24.9. The molecule has 0 saturated carbocycles. The van der Waals surface area contributed by atoms with Crippen LogP contribution in [0.4, 0.5) is 26.9 Å². The Kier molecular flexibility index (Phi) is 24.2. The molecule has 6 amide bonds. The Hall–Kier alpha value is -7.58. The molecule has 3 unspecified atom stereocenters. The van der Waals surface area contributed by atoms with Gasteiger partial charge in [0.25, 0.3) is 0 Å². The summed E-state index contributed by atoms with van der Waals surface area (Å²) in [6.07, 6.45) is -7.95. The number of aliphatic hydroxyl groups is 1. The van der Waals surface area contributed by atoms with E-state index in [4.69, 9.17) is 83.0 Å². The monoisotopic (exact) mass is 1380 g/mol. The highest BCUT2D eigenvalue weighted by atomic mass is 32.5. The number of fused-ring (bicyclic) bond motifs is 5. The number of Topliss-reactive ketones (excluding diaryl/α,β-unsaturated/α-hetero) is 1. The van der Waals surface area contributed by atoms with Crippen LogP contribution in [0.3, 0.4) is 0 Å². The van der Waals surface area contributed by atoms with Crippen LogP contribution in [0, 0.1) is 17.8 Å². The number of hydrogen-bond acceptors (Lipinski definition) is 27. The Balaban J connectivity index is 0.862. The number of rotatable bonds is 26. The number of carbonyl (C=O) groups is 8. The molecule has 14 N–H and O–H groups in total. The zero-order chi connectivity index (χ0) is 67.5. The maximum Gasteiger partial charge on any atom is 0.409 e. The first-order valence-electron chi connectivity index (χ1n) is 29.1. The quantitative estimate of drug-likeness (QED) is 0.0208. The lowest BCUT2D eigenvalue weighted by molar-refractivity contribution is -0.158. The number of nitrogens with one attached hydrogen (secondary N) is 4. The molecular formula is C53H72N16O20P2S2. The van der Waals surface area contributed by atoms with Crippen molar-refractivity contribution in [3.63, 3.8) is 0 Å². The van der Waals surface area contributed by atoms with Crippen LogP contribution in [0.1, 0.15) is 83.7 Å². The number of imidazole rings is 2. The smallest absolute Gasteiger partial charge is 0.409 e. The third kappa shape index (κ3) is 18.9. The van der Waals surface area contributed by atoms with Crippen molar-refractivity contribution in [2.75, 3.05) is 56.7 Å². The number of aromatic nitrogens is 8. The molecule has 1 aromatic carbocycles. The van der Waals surface area contributed by atoms with E-state index in [-0.39, 0.29) is 105 Å². The van der Waals surface area contributed by atoms with E-state index in [9.17, 15) is 53.2 Å². The molecule has 5 aromatic rings. The first kappa shape index (κ1) is 71.3. The molecular weight excluding hydrogens is 1310 g/mol. The first-order chi connectivity index (χ1) is 44.1. The molecule has 93 heavy (non-hydrogen) atoms. The van der Waals surface area contributed by atoms with E-state index in [1.807, 2.05) is 0 Å². The van der Waals surface area contributed by atoms with Gasteiger partial charge in [-0.25, -0.2) is 39.5 Å². The number of hydrogen-bond donors (Lipinski definition) is 11. The maximum atomic E-state index is 13.9. The lowest BCUT2D eigenvalue weighted by atomic mass is 9.89. The molecule has 3 aliphatic heterocycles. The molecule has 4 aromatic heterocycles. The fourth-order valence-corrected chi connectivity index (χ4v) is 13.0. The molecule has 2 bridgehead atoms. The van der Waals surface area contributed by atoms with Crippen molar-refractivity contribution in [1.29, 1.82) is 0 Å². The van der Waals surface area contributed by atoms with Crippen molar-refractivity contribution in [3.05, 3.63) is 55.1 Å². The summed E-state index contributed by atoms with van der Waals surface area (Å²) in [5.74, 6) is -6.25. The van der Waals surface area contributed by atoms with Gasteiger partial charge in [0.15, 0.2) is 47.3 Å². The molecule has 13 atom stereocenters. The third-order valence-corrected chi connectivity index (χ3v) is 18.2. The molecule has 7 heterocycles. The van der Waals surface area contributed by atoms with Gasteiger partial charge in [-0.15, -0.1) is 0 Å². The molecule has 40 heteroatoms. The van der Waals surface area contributed by atoms with E-state index in [1.165, 1.54) is 53.3 Å². The molecule has 0 aliphatic carbocycles. The summed E-state index contributed by atoms with van der Waals surface area (Å²) < 4.78 is 50.5. The number of aliphatic carboxylic acids is 1. The van der Waals surface area contributed by atoms with E-state index in [0.29, 0.717) is 11.3 Å². The van der Waals surface area contributed by atoms with Crippen molar-refractivity contribution >= 4 is 124 Å². The van der Waals surface area contributed by atoms with Gasteiger partial charge in [0.1, 0.15) is 60.8 Å². The highest BCUT2D eigenvalue weighted by Gasteiger charge is 2.54. The average Bonchev–Trinajstić information content (AvgIpc) is 1.62. The van der Waals surface area contributed by atoms with Gasteiger partial charge in [-0.05, 0) is 66.5 Å². The van der Waals surface area contributed by atoms with Crippen molar-refractivity contribution in [1.82, 2.24) is 59.9 Å². The van der Waals surface area contributed by atoms with Gasteiger partial charge in [0.05, 0.1) is 37.8 Å². The number of nitrogen functional groups attached to an aromatic ring is 2. The predicted molar refractivity (Wildman–Crippen MR) is 331 cm³/mol. The third-order valence-electron chi connectivity index (χ3n) is 15.0. The van der Waals surface area contributed by atoms with Gasteiger partial charge in [-0.1, -0.05) is 32.9 Å². The van der Waals surface area contributed by atoms with Crippen LogP contribution in [-0.2, 0) is 96.0 Å². The van der Waals surface area contributed by atoms with Gasteiger partial charge >= 0.3 is 37.5 Å². The number of urea groups is 1. The maximum absolute atomic E-state index is 13.9. The van der Waals surface area contributed by atoms with Crippen molar-refractivity contribution in [3.8, 4) is 0 Å². The Morgan fingerprint density at radius 2 is 1.38 bits per heavy atom. The SMILES string of the molecule is CC(CC(=O)NCCC(=O)N[C@H](C(=O)C[C@@H](CCCNC(N)=O)C(=O)Nc1ccc(COC(=O)N(C)CCCC(=O)O[C@@H]2[C@@H]3OP(O)(=S)OC[C@H]4O[C@@H](n5cnc6c(N)ncnc65)[C@H](OP(O)(=S)OC[C@H]3O[C@H]2n2cnc3c(N)ncnc32)[C@@H]4O)cc1)C(C)C)C(=O)O. The summed E-state index contributed by atoms with van der Waals surface area (Å²) in [6.45, 7) is -5.53. The van der Waals surface area contributed by atoms with E-state index >= 15 is 0 Å². The molecule has 8 rings (SSSR count). The number of carbonyl (C=O) groups excluding carboxylic acids is 7. The fourth-order valence-electron chi connectivity index (χ4n) is 10.1. The number of esters is 1. The van der Waals surface area contributed by atoms with E-state index in [2.05, 4.69) is 51.2 Å². The number of ether oxygens (including phenoxy) is 4. The van der Waals surface area contributed by atoms with Crippen molar-refractivity contribution < 1.29 is 95.4 Å². The van der Waals surface area contributed by atoms with E-state index in [0.717, 1.165) is 0 Å². The Morgan fingerprint density at radius 3 is 1.99 bits per heavy atom. The number of ketones is 1. The van der Waals surface area contributed by atoms with Gasteiger partial charge in [-0.3, -0.25) is 46.9 Å². The number of amides is 6. The van der Waals surface area contributed by atoms with Crippen LogP contribution in [0.2, 0.25) is 0 Å². The summed E-state index contributed by atoms with van der Waals surface area (Å²) in [6, 6.07) is 4.53. The van der Waals surface area contributed by atoms with Crippen LogP contribution >= 0.6 is 13.4 Å². The number of benzene rings is 1. The summed E-state index contributed by atoms with van der Waals surface area (Å²) in [5, 5.41) is 31.0. The Bertz CT molecular complexity index is 3650. The fraction of sp³-hybridized carbons (Fsp3) is 0.547. The number of primary amides is 1. The largest absolute Gasteiger partial charge is 0.481 e. The molecule has 36 nitrogen and oxygen atoms in total. The molecule has 0 spiro atoms. The number of carboxylic acid groups (broad SMARTS) is 1. The minimum atomic E-state index is -4.45. The van der Waals surface area contributed by atoms with Gasteiger partial charge in [0, 0.05) is 64.0 Å². The zero-order valence-corrected chi connectivity index (χ0v) is 53.9. The number of nitrogens with zero attached hydrogens (tertiary/aromatic N) is 9. The highest BCUT2D eigenvalue weighted by molar-refractivity contribution is 8.07. The van der Waals surface area contributed by atoms with Gasteiger partial charge in [-0.2, -0.15) is 0 Å². The lowest BCUT2D eigenvalue weighted by Gasteiger charge is -2.29. The average molecular weight is 1380 g/mol. The topological polar surface area (TPSA) is 508 Å². The molecule has 3 fully saturated rings. The Morgan fingerprint density at radius 1 is 0.774 bits per heavy atom. The number of anilines is 3. The summed E-state index contributed by atoms with van der Waals surface area (Å²) in [5.41, 5.74) is 18.8. The minimum absolute atomic E-state index is 0.00266.